The monoisotopic (exact) mass is 533 g/mol. The number of halogens is 2. The van der Waals surface area contributed by atoms with Gasteiger partial charge in [-0.1, -0.05) is 17.7 Å². The second-order valence-electron chi connectivity index (χ2n) is 9.07. The van der Waals surface area contributed by atoms with Crippen molar-refractivity contribution in [2.24, 2.45) is 5.92 Å². The molecule has 1 fully saturated rings. The Morgan fingerprint density at radius 2 is 1.89 bits per heavy atom. The number of hydrogen-bond donors (Lipinski definition) is 1. The molecule has 0 atom stereocenters. The first-order valence-corrected chi connectivity index (χ1v) is 13.0. The Morgan fingerprint density at radius 1 is 1.19 bits per heavy atom. The van der Waals surface area contributed by atoms with Gasteiger partial charge < -0.3 is 28.7 Å². The highest BCUT2D eigenvalue weighted by Gasteiger charge is 2.30. The lowest BCUT2D eigenvalue weighted by molar-refractivity contribution is -0.142. The van der Waals surface area contributed by atoms with Crippen molar-refractivity contribution in [2.45, 2.75) is 46.4 Å². The van der Waals surface area contributed by atoms with Crippen molar-refractivity contribution in [3.63, 3.8) is 0 Å². The zero-order valence-corrected chi connectivity index (χ0v) is 22.1. The topological polar surface area (TPSA) is 85.9 Å². The maximum absolute atomic E-state index is 14.6. The Morgan fingerprint density at radius 3 is 2.54 bits per heavy atom. The molecular formula is C27H33ClFN3O5. The van der Waals surface area contributed by atoms with E-state index < -0.39 is 12.1 Å². The maximum Gasteiger partial charge on any atom is 0.270 e. The van der Waals surface area contributed by atoms with Crippen molar-refractivity contribution in [2.75, 3.05) is 32.8 Å². The van der Waals surface area contributed by atoms with E-state index in [2.05, 4.69) is 5.32 Å². The van der Waals surface area contributed by atoms with E-state index in [4.69, 9.17) is 25.5 Å². The number of amides is 2. The molecule has 1 aliphatic rings. The molecule has 3 heterocycles. The molecule has 37 heavy (non-hydrogen) atoms. The zero-order valence-electron chi connectivity index (χ0n) is 21.4. The highest BCUT2D eigenvalue weighted by Crippen LogP contribution is 2.29. The molecule has 2 aromatic heterocycles. The summed E-state index contributed by atoms with van der Waals surface area (Å²) in [5.74, 6) is -0.197. The molecule has 0 aliphatic carbocycles. The van der Waals surface area contributed by atoms with Crippen molar-refractivity contribution in [1.29, 1.82) is 0 Å². The number of likely N-dealkylation sites (tertiary alicyclic amines) is 1. The fourth-order valence-corrected chi connectivity index (χ4v) is 4.95. The molecular weight excluding hydrogens is 501 g/mol. The third kappa shape index (κ3) is 6.17. The normalized spacial score (nSPS) is 14.6. The largest absolute Gasteiger partial charge is 0.460 e. The van der Waals surface area contributed by atoms with Crippen LogP contribution in [0, 0.1) is 18.7 Å². The number of hydrogen-bond acceptors (Lipinski definition) is 5. The Kier molecular flexibility index (Phi) is 8.89. The lowest BCUT2D eigenvalue weighted by Gasteiger charge is -2.32. The molecule has 1 N–H and O–H groups in total. The molecule has 0 saturated carbocycles. The summed E-state index contributed by atoms with van der Waals surface area (Å²) in [6.07, 6.45) is 0.611. The van der Waals surface area contributed by atoms with E-state index in [-0.39, 0.29) is 30.8 Å². The van der Waals surface area contributed by atoms with Gasteiger partial charge in [0.15, 0.2) is 11.9 Å². The van der Waals surface area contributed by atoms with Crippen LogP contribution in [0.1, 0.15) is 48.5 Å². The quantitative estimate of drug-likeness (QED) is 0.380. The van der Waals surface area contributed by atoms with Gasteiger partial charge in [-0.25, -0.2) is 4.39 Å². The fraction of sp³-hybridized carbons (Fsp3) is 0.481. The average Bonchev–Trinajstić information content (AvgIpc) is 3.40. The number of piperidine rings is 1. The average molecular weight is 534 g/mol. The van der Waals surface area contributed by atoms with E-state index in [0.717, 1.165) is 0 Å². The van der Waals surface area contributed by atoms with Gasteiger partial charge in [0, 0.05) is 54.9 Å². The van der Waals surface area contributed by atoms with Gasteiger partial charge in [0.2, 0.25) is 5.91 Å². The lowest BCUT2D eigenvalue weighted by atomic mass is 9.95. The summed E-state index contributed by atoms with van der Waals surface area (Å²) in [4.78, 5) is 28.0. The molecule has 0 bridgehead atoms. The van der Waals surface area contributed by atoms with Crippen LogP contribution in [0.2, 0.25) is 5.02 Å². The zero-order chi connectivity index (χ0) is 26.5. The molecule has 3 aromatic rings. The lowest BCUT2D eigenvalue weighted by Crippen LogP contribution is -2.45. The second kappa shape index (κ2) is 12.1. The molecule has 4 rings (SSSR count). The number of rotatable bonds is 10. The SMILES string of the molecule is CCOC(CNC(=O)C1CCN(C(=O)c2cc3oc(C)cc3n2Cc2c(F)cccc2Cl)CC1)OCC. The molecule has 2 amide bonds. The van der Waals surface area contributed by atoms with E-state index in [1.54, 1.807) is 27.7 Å². The van der Waals surface area contributed by atoms with Gasteiger partial charge in [0.25, 0.3) is 5.91 Å². The van der Waals surface area contributed by atoms with Gasteiger partial charge in [0.05, 0.1) is 18.6 Å². The number of aromatic nitrogens is 1. The summed E-state index contributed by atoms with van der Waals surface area (Å²) in [5.41, 5.74) is 1.96. The van der Waals surface area contributed by atoms with Crippen LogP contribution in [0.3, 0.4) is 0 Å². The molecule has 10 heteroatoms. The first kappa shape index (κ1) is 27.2. The van der Waals surface area contributed by atoms with E-state index >= 15 is 0 Å². The molecule has 1 saturated heterocycles. The van der Waals surface area contributed by atoms with Gasteiger partial charge in [-0.3, -0.25) is 9.59 Å². The van der Waals surface area contributed by atoms with E-state index in [1.807, 2.05) is 26.8 Å². The standard InChI is InChI=1S/C27H33ClFN3O5/c1-4-35-25(36-5-2)15-30-26(33)18-9-11-31(12-10-18)27(34)23-14-24-22(13-17(3)37-24)32(23)16-19-20(28)7-6-8-21(19)29/h6-8,13-14,18,25H,4-5,9-12,15-16H2,1-3H3,(H,30,33). The number of nitrogens with one attached hydrogen (secondary N) is 1. The smallest absolute Gasteiger partial charge is 0.270 e. The number of carbonyl (C=O) groups is 2. The number of ether oxygens (including phenoxy) is 2. The van der Waals surface area contributed by atoms with Crippen molar-refractivity contribution in [1.82, 2.24) is 14.8 Å². The van der Waals surface area contributed by atoms with E-state index in [1.165, 1.54) is 6.07 Å². The highest BCUT2D eigenvalue weighted by molar-refractivity contribution is 6.31. The predicted molar refractivity (Wildman–Crippen MR) is 138 cm³/mol. The van der Waals surface area contributed by atoms with Crippen LogP contribution in [0.25, 0.3) is 11.1 Å². The third-order valence-corrected chi connectivity index (χ3v) is 6.96. The molecule has 1 aliphatic heterocycles. The summed E-state index contributed by atoms with van der Waals surface area (Å²) in [6.45, 7) is 7.81. The van der Waals surface area contributed by atoms with Gasteiger partial charge >= 0.3 is 0 Å². The molecule has 0 unspecified atom stereocenters. The maximum atomic E-state index is 14.6. The van der Waals surface area contributed by atoms with Crippen LogP contribution in [0.5, 0.6) is 0 Å². The van der Waals surface area contributed by atoms with E-state index in [0.29, 0.717) is 72.3 Å². The third-order valence-electron chi connectivity index (χ3n) is 6.61. The van der Waals surface area contributed by atoms with Crippen LogP contribution < -0.4 is 5.32 Å². The molecule has 8 nitrogen and oxygen atoms in total. The first-order valence-electron chi connectivity index (χ1n) is 12.6. The van der Waals surface area contributed by atoms with Crippen molar-refractivity contribution < 1.29 is 27.9 Å². The number of nitrogens with zero attached hydrogens (tertiary/aromatic N) is 2. The van der Waals surface area contributed by atoms with Gasteiger partial charge in [-0.15, -0.1) is 0 Å². The predicted octanol–water partition coefficient (Wildman–Crippen LogP) is 4.75. The van der Waals surface area contributed by atoms with Crippen LogP contribution in [0.4, 0.5) is 4.39 Å². The molecule has 200 valence electrons. The minimum absolute atomic E-state index is 0.0675. The second-order valence-corrected chi connectivity index (χ2v) is 9.48. The van der Waals surface area contributed by atoms with Gasteiger partial charge in [-0.05, 0) is 45.7 Å². The Bertz CT molecular complexity index is 1220. The van der Waals surface area contributed by atoms with Crippen molar-refractivity contribution in [3.8, 4) is 0 Å². The van der Waals surface area contributed by atoms with Gasteiger partial charge in [0.1, 0.15) is 17.3 Å². The Hall–Kier alpha value is -2.88. The first-order chi connectivity index (χ1) is 17.8. The summed E-state index contributed by atoms with van der Waals surface area (Å²) in [6, 6.07) is 8.05. The minimum atomic E-state index is -0.474. The number of fused-ring (bicyclic) bond motifs is 1. The molecule has 0 radical (unpaired) electrons. The summed E-state index contributed by atoms with van der Waals surface area (Å²) in [7, 11) is 0. The number of carbonyl (C=O) groups excluding carboxylic acids is 2. The summed E-state index contributed by atoms with van der Waals surface area (Å²) >= 11 is 6.28. The molecule has 1 aromatic carbocycles. The van der Waals surface area contributed by atoms with Crippen LogP contribution >= 0.6 is 11.6 Å². The van der Waals surface area contributed by atoms with E-state index in [9.17, 15) is 14.0 Å². The van der Waals surface area contributed by atoms with Crippen LogP contribution in [-0.4, -0.2) is 60.4 Å². The fourth-order valence-electron chi connectivity index (χ4n) is 4.73. The molecule has 0 spiro atoms. The number of aryl methyl sites for hydroxylation is 1. The van der Waals surface area contributed by atoms with Gasteiger partial charge in [-0.2, -0.15) is 0 Å². The summed E-state index contributed by atoms with van der Waals surface area (Å²) in [5, 5.41) is 3.20. The highest BCUT2D eigenvalue weighted by atomic mass is 35.5. The van der Waals surface area contributed by atoms with Crippen molar-refractivity contribution in [3.05, 3.63) is 58.2 Å². The Balaban J connectivity index is 1.45. The minimum Gasteiger partial charge on any atom is -0.460 e. The van der Waals surface area contributed by atoms with Crippen LogP contribution in [0.15, 0.2) is 34.7 Å². The van der Waals surface area contributed by atoms with Crippen LogP contribution in [-0.2, 0) is 20.8 Å². The van der Waals surface area contributed by atoms with Crippen molar-refractivity contribution >= 4 is 34.5 Å². The number of furan rings is 1. The Labute approximate surface area is 220 Å². The number of benzene rings is 1. The summed E-state index contributed by atoms with van der Waals surface area (Å²) < 4.78 is 33.1.